The molecule has 0 aliphatic carbocycles. The van der Waals surface area contributed by atoms with Crippen LogP contribution in [0.25, 0.3) is 0 Å². The zero-order valence-corrected chi connectivity index (χ0v) is 14.2. The SMILES string of the molecule is CN=C(NCc1cccc(N(C)C)c1)NC1CCS(=O)(=O)C1. The van der Waals surface area contributed by atoms with Crippen LogP contribution in [0.2, 0.25) is 0 Å². The minimum atomic E-state index is -2.88. The minimum Gasteiger partial charge on any atom is -0.378 e. The lowest BCUT2D eigenvalue weighted by Gasteiger charge is -2.17. The Morgan fingerprint density at radius 3 is 2.77 bits per heavy atom. The van der Waals surface area contributed by atoms with Gasteiger partial charge < -0.3 is 15.5 Å². The molecule has 1 unspecified atom stereocenters. The lowest BCUT2D eigenvalue weighted by molar-refractivity contribution is 0.599. The molecule has 1 atom stereocenters. The number of nitrogens with one attached hydrogen (secondary N) is 2. The zero-order valence-electron chi connectivity index (χ0n) is 13.3. The number of nitrogens with zero attached hydrogens (tertiary/aromatic N) is 2. The van der Waals surface area contributed by atoms with Crippen LogP contribution < -0.4 is 15.5 Å². The van der Waals surface area contributed by atoms with Crippen LogP contribution in [0.3, 0.4) is 0 Å². The molecule has 0 aromatic heterocycles. The fourth-order valence-corrected chi connectivity index (χ4v) is 4.10. The molecule has 7 heteroatoms. The molecule has 2 N–H and O–H groups in total. The Kier molecular flexibility index (Phi) is 5.28. The van der Waals surface area contributed by atoms with Gasteiger partial charge in [-0.25, -0.2) is 8.42 Å². The number of rotatable bonds is 4. The predicted molar refractivity (Wildman–Crippen MR) is 91.2 cm³/mol. The summed E-state index contributed by atoms with van der Waals surface area (Å²) in [5.41, 5.74) is 2.29. The second-order valence-electron chi connectivity index (χ2n) is 5.73. The molecule has 0 saturated carbocycles. The summed E-state index contributed by atoms with van der Waals surface area (Å²) in [6.45, 7) is 0.640. The normalized spacial score (nSPS) is 20.7. The summed E-state index contributed by atoms with van der Waals surface area (Å²) in [5, 5.41) is 6.41. The molecule has 1 saturated heterocycles. The van der Waals surface area contributed by atoms with Crippen molar-refractivity contribution in [3.63, 3.8) is 0 Å². The number of aliphatic imine (C=N–C) groups is 1. The summed E-state index contributed by atoms with van der Waals surface area (Å²) >= 11 is 0. The highest BCUT2D eigenvalue weighted by Gasteiger charge is 2.28. The van der Waals surface area contributed by atoms with Crippen molar-refractivity contribution in [1.29, 1.82) is 0 Å². The van der Waals surface area contributed by atoms with Crippen LogP contribution in [0.5, 0.6) is 0 Å². The summed E-state index contributed by atoms with van der Waals surface area (Å²) in [6, 6.07) is 8.18. The topological polar surface area (TPSA) is 73.8 Å². The molecule has 2 rings (SSSR count). The Balaban J connectivity index is 1.90. The summed E-state index contributed by atoms with van der Waals surface area (Å²) < 4.78 is 23.0. The summed E-state index contributed by atoms with van der Waals surface area (Å²) in [6.07, 6.45) is 0.638. The number of guanidine groups is 1. The molecule has 1 aromatic carbocycles. The van der Waals surface area contributed by atoms with Gasteiger partial charge >= 0.3 is 0 Å². The number of benzene rings is 1. The van der Waals surface area contributed by atoms with E-state index >= 15 is 0 Å². The fourth-order valence-electron chi connectivity index (χ4n) is 2.43. The predicted octanol–water partition coefficient (Wildman–Crippen LogP) is 0.605. The Bertz CT molecular complexity index is 641. The highest BCUT2D eigenvalue weighted by Crippen LogP contribution is 2.13. The maximum Gasteiger partial charge on any atom is 0.191 e. The van der Waals surface area contributed by atoms with Gasteiger partial charge in [0.05, 0.1) is 11.5 Å². The Hall–Kier alpha value is -1.76. The van der Waals surface area contributed by atoms with E-state index in [2.05, 4.69) is 32.7 Å². The van der Waals surface area contributed by atoms with Crippen molar-refractivity contribution in [2.75, 3.05) is 37.5 Å². The average Bonchev–Trinajstić information content (AvgIpc) is 2.82. The van der Waals surface area contributed by atoms with Crippen LogP contribution in [-0.4, -0.2) is 53.1 Å². The largest absolute Gasteiger partial charge is 0.378 e. The van der Waals surface area contributed by atoms with Crippen molar-refractivity contribution >= 4 is 21.5 Å². The summed E-state index contributed by atoms with van der Waals surface area (Å²) in [5.74, 6) is 1.08. The van der Waals surface area contributed by atoms with E-state index in [1.807, 2.05) is 26.2 Å². The van der Waals surface area contributed by atoms with Gasteiger partial charge in [0.25, 0.3) is 0 Å². The molecule has 1 aromatic rings. The van der Waals surface area contributed by atoms with E-state index in [0.29, 0.717) is 18.9 Å². The third kappa shape index (κ3) is 4.62. The van der Waals surface area contributed by atoms with Crippen molar-refractivity contribution in [3.05, 3.63) is 29.8 Å². The second kappa shape index (κ2) is 7.00. The van der Waals surface area contributed by atoms with E-state index in [4.69, 9.17) is 0 Å². The molecule has 122 valence electrons. The highest BCUT2D eigenvalue weighted by molar-refractivity contribution is 7.91. The lowest BCUT2D eigenvalue weighted by atomic mass is 10.2. The van der Waals surface area contributed by atoms with Crippen LogP contribution in [0, 0.1) is 0 Å². The third-order valence-electron chi connectivity index (χ3n) is 3.68. The smallest absolute Gasteiger partial charge is 0.191 e. The van der Waals surface area contributed by atoms with Gasteiger partial charge in [0, 0.05) is 39.4 Å². The van der Waals surface area contributed by atoms with Gasteiger partial charge in [-0.3, -0.25) is 4.99 Å². The number of hydrogen-bond acceptors (Lipinski definition) is 4. The molecule has 1 heterocycles. The Morgan fingerprint density at radius 1 is 1.41 bits per heavy atom. The van der Waals surface area contributed by atoms with Crippen LogP contribution in [0.1, 0.15) is 12.0 Å². The average molecular weight is 324 g/mol. The first-order valence-corrected chi connectivity index (χ1v) is 9.15. The lowest BCUT2D eigenvalue weighted by Crippen LogP contribution is -2.43. The minimum absolute atomic E-state index is 0.0516. The molecule has 1 fully saturated rings. The Morgan fingerprint density at radius 2 is 2.18 bits per heavy atom. The Labute approximate surface area is 132 Å². The van der Waals surface area contributed by atoms with Crippen molar-refractivity contribution in [3.8, 4) is 0 Å². The first-order chi connectivity index (χ1) is 10.4. The van der Waals surface area contributed by atoms with Crippen molar-refractivity contribution in [1.82, 2.24) is 10.6 Å². The van der Waals surface area contributed by atoms with E-state index < -0.39 is 9.84 Å². The second-order valence-corrected chi connectivity index (χ2v) is 7.96. The van der Waals surface area contributed by atoms with Crippen molar-refractivity contribution in [2.24, 2.45) is 4.99 Å². The maximum absolute atomic E-state index is 11.5. The van der Waals surface area contributed by atoms with E-state index in [-0.39, 0.29) is 17.5 Å². The van der Waals surface area contributed by atoms with Gasteiger partial charge in [0.15, 0.2) is 15.8 Å². The number of hydrogen-bond donors (Lipinski definition) is 2. The molecule has 1 aliphatic heterocycles. The molecule has 1 aliphatic rings. The molecule has 0 bridgehead atoms. The van der Waals surface area contributed by atoms with E-state index in [1.54, 1.807) is 7.05 Å². The third-order valence-corrected chi connectivity index (χ3v) is 5.45. The summed E-state index contributed by atoms with van der Waals surface area (Å²) in [7, 11) is 2.82. The first-order valence-electron chi connectivity index (χ1n) is 7.33. The van der Waals surface area contributed by atoms with E-state index in [1.165, 1.54) is 0 Å². The van der Waals surface area contributed by atoms with E-state index in [9.17, 15) is 8.42 Å². The van der Waals surface area contributed by atoms with Gasteiger partial charge in [-0.1, -0.05) is 12.1 Å². The van der Waals surface area contributed by atoms with Gasteiger partial charge in [-0.2, -0.15) is 0 Å². The maximum atomic E-state index is 11.5. The van der Waals surface area contributed by atoms with Crippen LogP contribution in [0.15, 0.2) is 29.3 Å². The monoisotopic (exact) mass is 324 g/mol. The fraction of sp³-hybridized carbons (Fsp3) is 0.533. The van der Waals surface area contributed by atoms with Crippen molar-refractivity contribution < 1.29 is 8.42 Å². The van der Waals surface area contributed by atoms with Gasteiger partial charge in [-0.15, -0.1) is 0 Å². The summed E-state index contributed by atoms with van der Waals surface area (Å²) in [4.78, 5) is 6.22. The van der Waals surface area contributed by atoms with Crippen molar-refractivity contribution in [2.45, 2.75) is 19.0 Å². The molecule has 0 radical (unpaired) electrons. The molecule has 6 nitrogen and oxygen atoms in total. The van der Waals surface area contributed by atoms with Gasteiger partial charge in [0.2, 0.25) is 0 Å². The molecular weight excluding hydrogens is 300 g/mol. The first kappa shape index (κ1) is 16.6. The molecular formula is C15H24N4O2S. The number of anilines is 1. The molecule has 0 spiro atoms. The number of sulfone groups is 1. The highest BCUT2D eigenvalue weighted by atomic mass is 32.2. The van der Waals surface area contributed by atoms with Gasteiger partial charge in [0.1, 0.15) is 0 Å². The molecule has 22 heavy (non-hydrogen) atoms. The molecule has 0 amide bonds. The van der Waals surface area contributed by atoms with E-state index in [0.717, 1.165) is 11.3 Å². The standard InChI is InChI=1S/C15H24N4O2S/c1-16-15(18-13-7-8-22(20,21)11-13)17-10-12-5-4-6-14(9-12)19(2)3/h4-6,9,13H,7-8,10-11H2,1-3H3,(H2,16,17,18). The van der Waals surface area contributed by atoms with Gasteiger partial charge in [-0.05, 0) is 24.1 Å². The van der Waals surface area contributed by atoms with Crippen LogP contribution >= 0.6 is 0 Å². The quantitative estimate of drug-likeness (QED) is 0.627. The zero-order chi connectivity index (χ0) is 16.2. The van der Waals surface area contributed by atoms with Crippen LogP contribution in [0.4, 0.5) is 5.69 Å². The van der Waals surface area contributed by atoms with Crippen LogP contribution in [-0.2, 0) is 16.4 Å².